The molecular weight excluding hydrogens is 404 g/mol. The average molecular weight is 451 g/mol. The first-order valence-corrected chi connectivity index (χ1v) is 15.0. The van der Waals surface area contributed by atoms with Crippen molar-refractivity contribution in [2.45, 2.75) is 104 Å². The quantitative estimate of drug-likeness (QED) is 0.373. The molecule has 0 aromatic heterocycles. The normalized spacial score (nSPS) is 43.5. The van der Waals surface area contributed by atoms with Crippen LogP contribution in [0, 0.1) is 40.4 Å². The molecule has 3 fully saturated rings. The molecule has 3 saturated carbocycles. The van der Waals surface area contributed by atoms with Crippen molar-refractivity contribution < 1.29 is 13.5 Å². The third kappa shape index (κ3) is 4.29. The van der Waals surface area contributed by atoms with Gasteiger partial charge in [-0.3, -0.25) is 0 Å². The highest BCUT2D eigenvalue weighted by Gasteiger charge is 2.59. The van der Waals surface area contributed by atoms with E-state index in [2.05, 4.69) is 33.8 Å². The van der Waals surface area contributed by atoms with E-state index >= 15 is 0 Å². The van der Waals surface area contributed by atoms with Gasteiger partial charge in [-0.2, -0.15) is 0 Å². The third-order valence-electron chi connectivity index (χ3n) is 10.4. The van der Waals surface area contributed by atoms with Gasteiger partial charge in [0, 0.05) is 0 Å². The first kappa shape index (κ1) is 23.8. The zero-order valence-corrected chi connectivity index (χ0v) is 21.2. The van der Waals surface area contributed by atoms with Crippen LogP contribution < -0.4 is 0 Å². The van der Waals surface area contributed by atoms with Gasteiger partial charge in [-0.25, -0.2) is 8.42 Å². The molecule has 1 N–H and O–H groups in total. The van der Waals surface area contributed by atoms with E-state index in [0.717, 1.165) is 56.3 Å². The van der Waals surface area contributed by atoms with Gasteiger partial charge >= 0.3 is 0 Å². The SMILES string of the molecule is CCCCCS(=O)(=O)C[C@@H](C)[C@H]1CC[C@H]2[C@@H]3CC=C4C[C@@H](O)CC[C@]4(C)[C@H]3CC[C@]12C. The van der Waals surface area contributed by atoms with Crippen molar-refractivity contribution in [1.29, 1.82) is 0 Å². The summed E-state index contributed by atoms with van der Waals surface area (Å²) in [6, 6.07) is 0. The molecule has 0 unspecified atom stereocenters. The van der Waals surface area contributed by atoms with Crippen molar-refractivity contribution in [3.05, 3.63) is 11.6 Å². The van der Waals surface area contributed by atoms with Crippen molar-refractivity contribution >= 4 is 9.84 Å². The molecule has 31 heavy (non-hydrogen) atoms. The molecule has 4 heteroatoms. The second-order valence-corrected chi connectivity index (χ2v) is 14.4. The van der Waals surface area contributed by atoms with Crippen molar-refractivity contribution in [3.8, 4) is 0 Å². The van der Waals surface area contributed by atoms with Gasteiger partial charge in [0.15, 0.2) is 9.84 Å². The van der Waals surface area contributed by atoms with E-state index in [-0.39, 0.29) is 17.4 Å². The van der Waals surface area contributed by atoms with E-state index in [1.165, 1.54) is 37.7 Å². The molecule has 4 aliphatic rings. The fourth-order valence-electron chi connectivity index (χ4n) is 8.79. The lowest BCUT2D eigenvalue weighted by Crippen LogP contribution is -2.51. The van der Waals surface area contributed by atoms with Gasteiger partial charge in [-0.1, -0.05) is 52.2 Å². The minimum atomic E-state index is -2.94. The Bertz CT molecular complexity index is 786. The predicted octanol–water partition coefficient (Wildman–Crippen LogP) is 6.17. The summed E-state index contributed by atoms with van der Waals surface area (Å²) < 4.78 is 25.5. The van der Waals surface area contributed by atoms with Gasteiger partial charge in [0.05, 0.1) is 17.6 Å². The first-order valence-electron chi connectivity index (χ1n) is 13.2. The number of rotatable bonds is 7. The Balaban J connectivity index is 1.48. The fourth-order valence-corrected chi connectivity index (χ4v) is 10.6. The summed E-state index contributed by atoms with van der Waals surface area (Å²) in [7, 11) is -2.94. The van der Waals surface area contributed by atoms with Crippen LogP contribution in [0.1, 0.15) is 98.3 Å². The topological polar surface area (TPSA) is 54.4 Å². The molecule has 8 atom stereocenters. The van der Waals surface area contributed by atoms with E-state index in [1.807, 2.05) is 0 Å². The van der Waals surface area contributed by atoms with Crippen LogP contribution in [0.3, 0.4) is 0 Å². The highest BCUT2D eigenvalue weighted by atomic mass is 32.2. The molecule has 0 radical (unpaired) electrons. The van der Waals surface area contributed by atoms with Crippen LogP contribution in [0.25, 0.3) is 0 Å². The Labute approximate surface area is 191 Å². The van der Waals surface area contributed by atoms with Gasteiger partial charge < -0.3 is 5.11 Å². The maximum atomic E-state index is 12.8. The number of allylic oxidation sites excluding steroid dienone is 1. The van der Waals surface area contributed by atoms with Crippen LogP contribution in [0.2, 0.25) is 0 Å². The monoisotopic (exact) mass is 450 g/mol. The number of hydrogen-bond acceptors (Lipinski definition) is 3. The summed E-state index contributed by atoms with van der Waals surface area (Å²) in [4.78, 5) is 0. The number of sulfone groups is 1. The molecule has 0 aromatic rings. The maximum Gasteiger partial charge on any atom is 0.150 e. The van der Waals surface area contributed by atoms with E-state index < -0.39 is 9.84 Å². The Morgan fingerprint density at radius 3 is 2.61 bits per heavy atom. The van der Waals surface area contributed by atoms with Gasteiger partial charge in [-0.15, -0.1) is 0 Å². The smallest absolute Gasteiger partial charge is 0.150 e. The zero-order chi connectivity index (χ0) is 22.4. The van der Waals surface area contributed by atoms with Crippen molar-refractivity contribution in [2.75, 3.05) is 11.5 Å². The van der Waals surface area contributed by atoms with Crippen LogP contribution in [0.5, 0.6) is 0 Å². The van der Waals surface area contributed by atoms with Crippen LogP contribution in [-0.4, -0.2) is 31.1 Å². The first-order chi connectivity index (χ1) is 14.6. The van der Waals surface area contributed by atoms with E-state index in [9.17, 15) is 13.5 Å². The van der Waals surface area contributed by atoms with E-state index in [0.29, 0.717) is 22.8 Å². The summed E-state index contributed by atoms with van der Waals surface area (Å²) in [5, 5.41) is 10.2. The summed E-state index contributed by atoms with van der Waals surface area (Å²) in [6.45, 7) is 9.36. The molecule has 0 bridgehead atoms. The highest BCUT2D eigenvalue weighted by Crippen LogP contribution is 2.67. The lowest BCUT2D eigenvalue weighted by molar-refractivity contribution is -0.0554. The minimum Gasteiger partial charge on any atom is -0.393 e. The molecule has 3 nitrogen and oxygen atoms in total. The molecule has 178 valence electrons. The molecule has 0 aliphatic heterocycles. The second-order valence-electron chi connectivity index (χ2n) is 12.2. The fraction of sp³-hybridized carbons (Fsp3) is 0.926. The number of unbranched alkanes of at least 4 members (excludes halogenated alkanes) is 2. The van der Waals surface area contributed by atoms with Gasteiger partial charge in [0.25, 0.3) is 0 Å². The summed E-state index contributed by atoms with van der Waals surface area (Å²) in [5.41, 5.74) is 2.13. The standard InChI is InChI=1S/C27H46O3S/c1-5-6-7-16-31(29,30)18-19(2)23-10-11-24-22-9-8-20-17-21(28)12-14-26(20,3)25(22)13-15-27(23,24)4/h8,19,21-25,28H,5-7,9-18H2,1-4H3/t19-,21+,22+,23-,24+,25+,26+,27-/m1/s1. The minimum absolute atomic E-state index is 0.138. The zero-order valence-electron chi connectivity index (χ0n) is 20.4. The molecule has 0 saturated heterocycles. The Hall–Kier alpha value is -0.350. The average Bonchev–Trinajstić information content (AvgIpc) is 3.05. The molecule has 0 heterocycles. The van der Waals surface area contributed by atoms with Crippen LogP contribution in [-0.2, 0) is 9.84 Å². The highest BCUT2D eigenvalue weighted by molar-refractivity contribution is 7.91. The Kier molecular flexibility index (Phi) is 6.74. The van der Waals surface area contributed by atoms with E-state index in [1.54, 1.807) is 0 Å². The summed E-state index contributed by atoms with van der Waals surface area (Å²) >= 11 is 0. The second kappa shape index (κ2) is 8.78. The third-order valence-corrected chi connectivity index (χ3v) is 12.4. The van der Waals surface area contributed by atoms with Gasteiger partial charge in [0.2, 0.25) is 0 Å². The molecule has 0 amide bonds. The predicted molar refractivity (Wildman–Crippen MR) is 129 cm³/mol. The summed E-state index contributed by atoms with van der Waals surface area (Å²) in [6.07, 6.45) is 14.5. The van der Waals surface area contributed by atoms with Crippen molar-refractivity contribution in [1.82, 2.24) is 0 Å². The molecule has 4 rings (SSSR count). The Morgan fingerprint density at radius 1 is 1.10 bits per heavy atom. The van der Waals surface area contributed by atoms with Gasteiger partial charge in [-0.05, 0) is 98.2 Å². The lowest BCUT2D eigenvalue weighted by atomic mass is 9.47. The molecule has 4 aliphatic carbocycles. The molecule has 0 spiro atoms. The maximum absolute atomic E-state index is 12.8. The number of hydrogen-bond donors (Lipinski definition) is 1. The molecular formula is C27H46O3S. The van der Waals surface area contributed by atoms with Crippen LogP contribution in [0.4, 0.5) is 0 Å². The van der Waals surface area contributed by atoms with Gasteiger partial charge in [0.1, 0.15) is 0 Å². The Morgan fingerprint density at radius 2 is 1.87 bits per heavy atom. The van der Waals surface area contributed by atoms with Crippen molar-refractivity contribution in [2.24, 2.45) is 40.4 Å². The number of fused-ring (bicyclic) bond motifs is 5. The van der Waals surface area contributed by atoms with Crippen LogP contribution >= 0.6 is 0 Å². The number of aliphatic hydroxyl groups excluding tert-OH is 1. The van der Waals surface area contributed by atoms with E-state index in [4.69, 9.17) is 0 Å². The lowest BCUT2D eigenvalue weighted by Gasteiger charge is -2.58. The van der Waals surface area contributed by atoms with Crippen molar-refractivity contribution in [3.63, 3.8) is 0 Å². The van der Waals surface area contributed by atoms with Crippen LogP contribution in [0.15, 0.2) is 11.6 Å². The largest absolute Gasteiger partial charge is 0.393 e. The summed E-state index contributed by atoms with van der Waals surface area (Å²) in [5.74, 6) is 3.82. The number of aliphatic hydroxyl groups is 1. The molecule has 0 aromatic carbocycles.